The number of carbonyl (C=O) groups excluding carboxylic acids is 1. The standard InChI is InChI=1S/C14H17F4NO/c1-3-7-19(8-4-2)13(20)11-9-10(14(16,17)18)5-6-12(11)15/h5-6,9H,3-4,7-8H2,1-2H3. The SMILES string of the molecule is CCCN(CCC)C(=O)c1cc(C(F)(F)F)ccc1F. The van der Waals surface area contributed by atoms with E-state index < -0.39 is 29.0 Å². The minimum absolute atomic E-state index is 0.391. The zero-order valence-corrected chi connectivity index (χ0v) is 11.4. The molecule has 0 spiro atoms. The van der Waals surface area contributed by atoms with E-state index in [4.69, 9.17) is 0 Å². The molecule has 6 heteroatoms. The van der Waals surface area contributed by atoms with Crippen molar-refractivity contribution in [3.8, 4) is 0 Å². The lowest BCUT2D eigenvalue weighted by atomic mass is 10.1. The van der Waals surface area contributed by atoms with E-state index in [-0.39, 0.29) is 0 Å². The van der Waals surface area contributed by atoms with E-state index in [0.717, 1.165) is 0 Å². The minimum Gasteiger partial charge on any atom is -0.339 e. The second-order valence-electron chi connectivity index (χ2n) is 4.48. The van der Waals surface area contributed by atoms with Crippen LogP contribution in [0.4, 0.5) is 17.6 Å². The lowest BCUT2D eigenvalue weighted by Crippen LogP contribution is -2.33. The van der Waals surface area contributed by atoms with Crippen LogP contribution in [0.1, 0.15) is 42.6 Å². The maximum Gasteiger partial charge on any atom is 0.416 e. The van der Waals surface area contributed by atoms with Crippen LogP contribution in [0.3, 0.4) is 0 Å². The maximum absolute atomic E-state index is 13.6. The van der Waals surface area contributed by atoms with Gasteiger partial charge in [0.2, 0.25) is 0 Å². The van der Waals surface area contributed by atoms with Crippen molar-refractivity contribution >= 4 is 5.91 Å². The fourth-order valence-corrected chi connectivity index (χ4v) is 1.89. The van der Waals surface area contributed by atoms with Gasteiger partial charge in [-0.1, -0.05) is 13.8 Å². The van der Waals surface area contributed by atoms with Gasteiger partial charge in [0, 0.05) is 13.1 Å². The Labute approximate surface area is 115 Å². The molecule has 0 atom stereocenters. The number of carbonyl (C=O) groups is 1. The number of halogens is 4. The summed E-state index contributed by atoms with van der Waals surface area (Å²) in [6.07, 6.45) is -3.28. The third kappa shape index (κ3) is 3.95. The summed E-state index contributed by atoms with van der Waals surface area (Å²) < 4.78 is 51.5. The monoisotopic (exact) mass is 291 g/mol. The molecule has 0 heterocycles. The Morgan fingerprint density at radius 1 is 1.15 bits per heavy atom. The second kappa shape index (κ2) is 6.72. The van der Waals surface area contributed by atoms with Gasteiger partial charge in [-0.3, -0.25) is 4.79 Å². The van der Waals surface area contributed by atoms with E-state index in [2.05, 4.69) is 0 Å². The van der Waals surface area contributed by atoms with Gasteiger partial charge in [0.1, 0.15) is 5.82 Å². The first-order valence-electron chi connectivity index (χ1n) is 6.47. The van der Waals surface area contributed by atoms with Crippen LogP contribution in [-0.4, -0.2) is 23.9 Å². The highest BCUT2D eigenvalue weighted by Gasteiger charge is 2.32. The molecule has 20 heavy (non-hydrogen) atoms. The van der Waals surface area contributed by atoms with Crippen LogP contribution in [0.2, 0.25) is 0 Å². The largest absolute Gasteiger partial charge is 0.416 e. The van der Waals surface area contributed by atoms with Gasteiger partial charge in [0.05, 0.1) is 11.1 Å². The van der Waals surface area contributed by atoms with Crippen LogP contribution in [0, 0.1) is 5.82 Å². The number of amides is 1. The Morgan fingerprint density at radius 3 is 2.15 bits per heavy atom. The Hall–Kier alpha value is -1.59. The van der Waals surface area contributed by atoms with E-state index in [1.54, 1.807) is 0 Å². The van der Waals surface area contributed by atoms with Gasteiger partial charge in [-0.15, -0.1) is 0 Å². The van der Waals surface area contributed by atoms with Gasteiger partial charge in [0.15, 0.2) is 0 Å². The van der Waals surface area contributed by atoms with Gasteiger partial charge in [0.25, 0.3) is 5.91 Å². The number of hydrogen-bond acceptors (Lipinski definition) is 1. The smallest absolute Gasteiger partial charge is 0.339 e. The highest BCUT2D eigenvalue weighted by Crippen LogP contribution is 2.30. The van der Waals surface area contributed by atoms with E-state index in [9.17, 15) is 22.4 Å². The first-order chi connectivity index (χ1) is 9.31. The van der Waals surface area contributed by atoms with Crippen molar-refractivity contribution in [1.82, 2.24) is 4.90 Å². The van der Waals surface area contributed by atoms with Crippen LogP contribution in [0.15, 0.2) is 18.2 Å². The summed E-state index contributed by atoms with van der Waals surface area (Å²) in [6.45, 7) is 4.47. The molecule has 0 aliphatic rings. The van der Waals surface area contributed by atoms with E-state index >= 15 is 0 Å². The van der Waals surface area contributed by atoms with Crippen LogP contribution >= 0.6 is 0 Å². The van der Waals surface area contributed by atoms with E-state index in [0.29, 0.717) is 44.1 Å². The highest BCUT2D eigenvalue weighted by molar-refractivity contribution is 5.94. The molecule has 0 aromatic heterocycles. The average Bonchev–Trinajstić information content (AvgIpc) is 2.37. The summed E-state index contributed by atoms with van der Waals surface area (Å²) in [5.41, 5.74) is -1.54. The van der Waals surface area contributed by atoms with Crippen LogP contribution in [-0.2, 0) is 6.18 Å². The molecule has 0 saturated heterocycles. The van der Waals surface area contributed by atoms with Crippen molar-refractivity contribution < 1.29 is 22.4 Å². The van der Waals surface area contributed by atoms with Crippen molar-refractivity contribution in [3.05, 3.63) is 35.1 Å². The van der Waals surface area contributed by atoms with Gasteiger partial charge < -0.3 is 4.90 Å². The molecule has 0 bridgehead atoms. The number of hydrogen-bond donors (Lipinski definition) is 0. The summed E-state index contributed by atoms with van der Waals surface area (Å²) in [4.78, 5) is 13.5. The van der Waals surface area contributed by atoms with Crippen molar-refractivity contribution in [2.75, 3.05) is 13.1 Å². The molecular formula is C14H17F4NO. The normalized spacial score (nSPS) is 11.5. The Balaban J connectivity index is 3.13. The maximum atomic E-state index is 13.6. The van der Waals surface area contributed by atoms with Gasteiger partial charge >= 0.3 is 6.18 Å². The van der Waals surface area contributed by atoms with Crippen molar-refractivity contribution in [1.29, 1.82) is 0 Å². The minimum atomic E-state index is -4.59. The molecule has 1 amide bonds. The van der Waals surface area contributed by atoms with Gasteiger partial charge in [-0.05, 0) is 31.0 Å². The third-order valence-electron chi connectivity index (χ3n) is 2.80. The van der Waals surface area contributed by atoms with Crippen LogP contribution < -0.4 is 0 Å². The van der Waals surface area contributed by atoms with Gasteiger partial charge in [-0.25, -0.2) is 4.39 Å². The Morgan fingerprint density at radius 2 is 1.70 bits per heavy atom. The molecule has 0 fully saturated rings. The molecule has 1 aromatic rings. The molecule has 0 aliphatic carbocycles. The summed E-state index contributed by atoms with van der Waals surface area (Å²) in [5, 5.41) is 0. The Kier molecular flexibility index (Phi) is 5.53. The number of alkyl halides is 3. The zero-order valence-electron chi connectivity index (χ0n) is 11.4. The molecule has 112 valence electrons. The predicted octanol–water partition coefficient (Wildman–Crippen LogP) is 4.11. The highest BCUT2D eigenvalue weighted by atomic mass is 19.4. The number of benzene rings is 1. The average molecular weight is 291 g/mol. The second-order valence-corrected chi connectivity index (χ2v) is 4.48. The van der Waals surface area contributed by atoms with Gasteiger partial charge in [-0.2, -0.15) is 13.2 Å². The first-order valence-corrected chi connectivity index (χ1v) is 6.47. The molecule has 0 N–H and O–H groups in total. The fourth-order valence-electron chi connectivity index (χ4n) is 1.89. The topological polar surface area (TPSA) is 20.3 Å². The quantitative estimate of drug-likeness (QED) is 0.748. The Bertz CT molecular complexity index is 465. The summed E-state index contributed by atoms with van der Waals surface area (Å²) >= 11 is 0. The third-order valence-corrected chi connectivity index (χ3v) is 2.80. The van der Waals surface area contributed by atoms with E-state index in [1.807, 2.05) is 13.8 Å². The molecule has 0 unspecified atom stereocenters. The van der Waals surface area contributed by atoms with Crippen molar-refractivity contribution in [2.45, 2.75) is 32.9 Å². The van der Waals surface area contributed by atoms with E-state index in [1.165, 1.54) is 4.90 Å². The number of rotatable bonds is 5. The summed E-state index contributed by atoms with van der Waals surface area (Å²) in [6, 6.07) is 1.90. The fraction of sp³-hybridized carbons (Fsp3) is 0.500. The van der Waals surface area contributed by atoms with Crippen molar-refractivity contribution in [2.24, 2.45) is 0 Å². The predicted molar refractivity (Wildman–Crippen MR) is 67.9 cm³/mol. The molecule has 1 rings (SSSR count). The summed E-state index contributed by atoms with van der Waals surface area (Å²) in [7, 11) is 0. The lowest BCUT2D eigenvalue weighted by molar-refractivity contribution is -0.137. The molecule has 0 aliphatic heterocycles. The van der Waals surface area contributed by atoms with Crippen LogP contribution in [0.5, 0.6) is 0 Å². The van der Waals surface area contributed by atoms with Crippen molar-refractivity contribution in [3.63, 3.8) is 0 Å². The zero-order chi connectivity index (χ0) is 15.3. The number of nitrogens with zero attached hydrogens (tertiary/aromatic N) is 1. The molecule has 0 radical (unpaired) electrons. The first kappa shape index (κ1) is 16.5. The molecule has 2 nitrogen and oxygen atoms in total. The molecular weight excluding hydrogens is 274 g/mol. The molecule has 0 saturated carbocycles. The lowest BCUT2D eigenvalue weighted by Gasteiger charge is -2.22. The molecule has 1 aromatic carbocycles. The van der Waals surface area contributed by atoms with Crippen LogP contribution in [0.25, 0.3) is 0 Å². The summed E-state index contributed by atoms with van der Waals surface area (Å²) in [5.74, 6) is -1.63.